The lowest BCUT2D eigenvalue weighted by Gasteiger charge is -2.06. The Labute approximate surface area is 235 Å². The van der Waals surface area contributed by atoms with Crippen molar-refractivity contribution in [3.8, 4) is 16.9 Å². The van der Waals surface area contributed by atoms with Crippen LogP contribution in [0.15, 0.2) is 60.7 Å². The van der Waals surface area contributed by atoms with Crippen LogP contribution in [-0.4, -0.2) is 7.11 Å². The summed E-state index contributed by atoms with van der Waals surface area (Å²) in [5.74, 6) is -5.43. The van der Waals surface area contributed by atoms with Crippen LogP contribution in [0, 0.1) is 55.7 Å². The van der Waals surface area contributed by atoms with Gasteiger partial charge in [-0.25, -0.2) is 35.1 Å². The monoisotopic (exact) mass is 608 g/mol. The van der Waals surface area contributed by atoms with Crippen molar-refractivity contribution in [2.24, 2.45) is 0 Å². The van der Waals surface area contributed by atoms with Crippen molar-refractivity contribution >= 4 is 0 Å². The molecular formula is C30H26F10O2. The van der Waals surface area contributed by atoms with Crippen molar-refractivity contribution in [3.63, 3.8) is 0 Å². The third-order valence-electron chi connectivity index (χ3n) is 5.42. The van der Waals surface area contributed by atoms with E-state index in [1.807, 2.05) is 19.1 Å². The summed E-state index contributed by atoms with van der Waals surface area (Å²) >= 11 is 0. The average molecular weight is 609 g/mol. The topological polar surface area (TPSA) is 18.5 Å². The predicted octanol–water partition coefficient (Wildman–Crippen LogP) is 10.2. The third-order valence-corrected chi connectivity index (χ3v) is 5.42. The Hall–Kier alpha value is -4.06. The Kier molecular flexibility index (Phi) is 15.1. The van der Waals surface area contributed by atoms with E-state index < -0.39 is 65.1 Å². The Morgan fingerprint density at radius 2 is 0.905 bits per heavy atom. The number of alkyl halides is 2. The number of rotatable bonds is 4. The van der Waals surface area contributed by atoms with Crippen LogP contribution in [0.2, 0.25) is 0 Å². The first-order valence-corrected chi connectivity index (χ1v) is 11.8. The zero-order valence-corrected chi connectivity index (χ0v) is 22.8. The Bertz CT molecular complexity index is 1360. The molecule has 4 aromatic carbocycles. The lowest BCUT2D eigenvalue weighted by molar-refractivity contribution is -0.0960. The molecule has 0 radical (unpaired) electrons. The van der Waals surface area contributed by atoms with Crippen LogP contribution in [0.4, 0.5) is 44.2 Å². The molecular weight excluding hydrogens is 582 g/mol. The lowest BCUT2D eigenvalue weighted by atomic mass is 10.0. The van der Waals surface area contributed by atoms with Crippen LogP contribution in [0.25, 0.3) is 11.1 Å². The second kappa shape index (κ2) is 17.7. The minimum Gasteiger partial charge on any atom is -0.294 e. The second-order valence-corrected chi connectivity index (χ2v) is 8.50. The van der Waals surface area contributed by atoms with E-state index in [4.69, 9.17) is 0 Å². The van der Waals surface area contributed by atoms with E-state index in [2.05, 4.69) is 9.88 Å². The van der Waals surface area contributed by atoms with E-state index in [0.29, 0.717) is 16.7 Å². The molecule has 0 spiro atoms. The highest BCUT2D eigenvalue weighted by Gasteiger charge is 2.12. The molecule has 0 aliphatic heterocycles. The highest BCUT2D eigenvalue weighted by atomic mass is 19.3. The van der Waals surface area contributed by atoms with Gasteiger partial charge in [0.25, 0.3) is 0 Å². The standard InChI is InChI=1S/C14H11F3.C8H7F3.C7H5F3O.CH3FO/c1-9-2-4-10(5-3-9)11-6-13(16)12(8-15)14(17)7-11;1-5-2-7(10)6(4-9)8(11)3-5;1-4-6(8)2-5(11-10)3-7(4)9;1-3-2/h2-7H,8H2,1H3;2-3H,4H2,1H3;2-3H,1H3;1H3. The fraction of sp³-hybridized carbons (Fsp3) is 0.200. The van der Waals surface area contributed by atoms with Crippen LogP contribution in [0.3, 0.4) is 0 Å². The molecule has 4 rings (SSSR count). The molecule has 4 aromatic rings. The summed E-state index contributed by atoms with van der Waals surface area (Å²) in [5, 5.41) is 0. The summed E-state index contributed by atoms with van der Waals surface area (Å²) < 4.78 is 123. The fourth-order valence-corrected chi connectivity index (χ4v) is 3.17. The first kappa shape index (κ1) is 36.0. The van der Waals surface area contributed by atoms with Gasteiger partial charge in [-0.05, 0) is 66.3 Å². The molecule has 0 bridgehead atoms. The van der Waals surface area contributed by atoms with E-state index in [0.717, 1.165) is 49.1 Å². The quantitative estimate of drug-likeness (QED) is 0.215. The maximum absolute atomic E-state index is 13.4. The summed E-state index contributed by atoms with van der Waals surface area (Å²) in [7, 11) is 0.958. The van der Waals surface area contributed by atoms with Crippen LogP contribution >= 0.6 is 0 Å². The minimum absolute atomic E-state index is 0.147. The number of benzene rings is 4. The molecule has 42 heavy (non-hydrogen) atoms. The summed E-state index contributed by atoms with van der Waals surface area (Å²) in [5.41, 5.74) is 1.49. The maximum atomic E-state index is 13.4. The van der Waals surface area contributed by atoms with E-state index in [1.165, 1.54) is 6.92 Å². The highest BCUT2D eigenvalue weighted by molar-refractivity contribution is 5.64. The smallest absolute Gasteiger partial charge is 0.177 e. The molecule has 0 amide bonds. The average Bonchev–Trinajstić information content (AvgIpc) is 2.92. The van der Waals surface area contributed by atoms with E-state index in [1.54, 1.807) is 19.1 Å². The van der Waals surface area contributed by atoms with Gasteiger partial charge in [-0.3, -0.25) is 4.94 Å². The van der Waals surface area contributed by atoms with Gasteiger partial charge >= 0.3 is 0 Å². The molecule has 0 saturated heterocycles. The first-order valence-electron chi connectivity index (χ1n) is 11.8. The van der Waals surface area contributed by atoms with Crippen molar-refractivity contribution in [2.75, 3.05) is 7.11 Å². The van der Waals surface area contributed by atoms with Gasteiger partial charge in [0.2, 0.25) is 0 Å². The van der Waals surface area contributed by atoms with Gasteiger partial charge in [0.05, 0.1) is 18.2 Å². The molecule has 0 fully saturated rings. The first-order chi connectivity index (χ1) is 19.8. The zero-order chi connectivity index (χ0) is 32.0. The summed E-state index contributed by atoms with van der Waals surface area (Å²) in [4.78, 5) is 5.90. The van der Waals surface area contributed by atoms with Gasteiger partial charge in [-0.2, -0.15) is 4.94 Å². The molecule has 2 nitrogen and oxygen atoms in total. The normalized spacial score (nSPS) is 9.95. The SMILES string of the molecule is COF.Cc1c(F)cc(OF)cc1F.Cc1cc(F)c(CF)c(F)c1.Cc1ccc(-c2cc(F)c(CF)c(F)c2)cc1. The van der Waals surface area contributed by atoms with Gasteiger partial charge in [-0.15, -0.1) is 0 Å². The largest absolute Gasteiger partial charge is 0.294 e. The van der Waals surface area contributed by atoms with Gasteiger partial charge in [0, 0.05) is 22.2 Å². The number of halogens is 10. The van der Waals surface area contributed by atoms with Gasteiger partial charge in [0.1, 0.15) is 48.3 Å². The molecule has 0 N–H and O–H groups in total. The van der Waals surface area contributed by atoms with Crippen molar-refractivity contribution < 1.29 is 54.1 Å². The minimum atomic E-state index is -1.13. The molecule has 228 valence electrons. The molecule has 12 heteroatoms. The van der Waals surface area contributed by atoms with Crippen molar-refractivity contribution in [2.45, 2.75) is 34.1 Å². The predicted molar refractivity (Wildman–Crippen MR) is 138 cm³/mol. The summed E-state index contributed by atoms with van der Waals surface area (Å²) in [6.07, 6.45) is 0. The number of aryl methyl sites for hydroxylation is 2. The van der Waals surface area contributed by atoms with Gasteiger partial charge in [0.15, 0.2) is 5.75 Å². The number of hydrogen-bond acceptors (Lipinski definition) is 2. The third kappa shape index (κ3) is 10.7. The van der Waals surface area contributed by atoms with E-state index in [9.17, 15) is 44.2 Å². The highest BCUT2D eigenvalue weighted by Crippen LogP contribution is 2.25. The molecule has 0 unspecified atom stereocenters. The van der Waals surface area contributed by atoms with Crippen molar-refractivity contribution in [1.29, 1.82) is 0 Å². The molecule has 0 aliphatic carbocycles. The van der Waals surface area contributed by atoms with Crippen LogP contribution < -0.4 is 4.94 Å². The lowest BCUT2D eigenvalue weighted by Crippen LogP contribution is -1.94. The molecule has 0 aromatic heterocycles. The van der Waals surface area contributed by atoms with E-state index in [-0.39, 0.29) is 5.56 Å². The maximum Gasteiger partial charge on any atom is 0.177 e. The van der Waals surface area contributed by atoms with Crippen molar-refractivity contribution in [1.82, 2.24) is 0 Å². The molecule has 0 aliphatic rings. The molecule has 0 atom stereocenters. The van der Waals surface area contributed by atoms with Gasteiger partial charge in [-0.1, -0.05) is 29.8 Å². The Balaban J connectivity index is 0.000000311. The molecule has 0 heterocycles. The summed E-state index contributed by atoms with van der Waals surface area (Å²) in [6.45, 7) is 2.50. The van der Waals surface area contributed by atoms with Crippen LogP contribution in [0.5, 0.6) is 5.75 Å². The molecule has 0 saturated carbocycles. The van der Waals surface area contributed by atoms with Gasteiger partial charge < -0.3 is 0 Å². The Morgan fingerprint density at radius 1 is 0.524 bits per heavy atom. The fourth-order valence-electron chi connectivity index (χ4n) is 3.17. The summed E-state index contributed by atoms with van der Waals surface area (Å²) in [6, 6.07) is 13.3. The van der Waals surface area contributed by atoms with Crippen LogP contribution in [-0.2, 0) is 18.3 Å². The van der Waals surface area contributed by atoms with E-state index >= 15 is 0 Å². The second-order valence-electron chi connectivity index (χ2n) is 8.50. The van der Waals surface area contributed by atoms with Crippen LogP contribution in [0.1, 0.15) is 27.8 Å². The van der Waals surface area contributed by atoms with Crippen molar-refractivity contribution in [3.05, 3.63) is 123 Å². The Morgan fingerprint density at radius 3 is 1.26 bits per heavy atom. The zero-order valence-electron chi connectivity index (χ0n) is 22.8. The number of hydrogen-bond donors (Lipinski definition) is 0.